The minimum Gasteiger partial charge on any atom is -0.264 e. The van der Waals surface area contributed by atoms with Crippen LogP contribution in [0.25, 0.3) is 0 Å². The first-order valence-electron chi connectivity index (χ1n) is 9.73. The number of sulfonamides is 1. The van der Waals surface area contributed by atoms with E-state index in [1.165, 1.54) is 34.4 Å². The molecule has 1 aromatic heterocycles. The summed E-state index contributed by atoms with van der Waals surface area (Å²) in [5.41, 5.74) is 5.12. The Morgan fingerprint density at radius 2 is 1.76 bits per heavy atom. The van der Waals surface area contributed by atoms with Crippen molar-refractivity contribution in [3.05, 3.63) is 94.3 Å². The monoisotopic (exact) mass is 428 g/mol. The standard InChI is InChI=1S/C23H25ClN2O2S/c1-2-23-19(7-3-8-20(23)16-18-6-4-14-25-17-18)9-5-15-26-29(27,28)22-12-10-21(24)11-13-22/h3-4,6-8,10-14,17,26H,2,5,9,15-16H2,1H3. The highest BCUT2D eigenvalue weighted by molar-refractivity contribution is 7.89. The number of aryl methyl sites for hydroxylation is 1. The maximum atomic E-state index is 12.4. The van der Waals surface area contributed by atoms with Crippen LogP contribution in [0.4, 0.5) is 0 Å². The second-order valence-corrected chi connectivity index (χ2v) is 9.11. The van der Waals surface area contributed by atoms with Gasteiger partial charge >= 0.3 is 0 Å². The molecule has 0 unspecified atom stereocenters. The summed E-state index contributed by atoms with van der Waals surface area (Å²) < 4.78 is 27.4. The van der Waals surface area contributed by atoms with Crippen molar-refractivity contribution < 1.29 is 8.42 Å². The van der Waals surface area contributed by atoms with E-state index in [1.807, 2.05) is 12.3 Å². The molecule has 0 bridgehead atoms. The number of nitrogens with zero attached hydrogens (tertiary/aromatic N) is 1. The van der Waals surface area contributed by atoms with Crippen molar-refractivity contribution >= 4 is 21.6 Å². The molecule has 1 N–H and O–H groups in total. The Morgan fingerprint density at radius 3 is 2.45 bits per heavy atom. The summed E-state index contributed by atoms with van der Waals surface area (Å²) in [6.07, 6.45) is 7.04. The molecule has 0 spiro atoms. The second-order valence-electron chi connectivity index (χ2n) is 6.90. The van der Waals surface area contributed by atoms with Gasteiger partial charge in [-0.05, 0) is 78.3 Å². The van der Waals surface area contributed by atoms with Crippen molar-refractivity contribution in [2.24, 2.45) is 0 Å². The molecule has 2 aromatic carbocycles. The molecule has 152 valence electrons. The van der Waals surface area contributed by atoms with E-state index in [2.05, 4.69) is 40.9 Å². The van der Waals surface area contributed by atoms with Gasteiger partial charge in [0.25, 0.3) is 0 Å². The smallest absolute Gasteiger partial charge is 0.240 e. The fraction of sp³-hybridized carbons (Fsp3) is 0.261. The number of hydrogen-bond acceptors (Lipinski definition) is 3. The van der Waals surface area contributed by atoms with Gasteiger partial charge < -0.3 is 0 Å². The third-order valence-electron chi connectivity index (χ3n) is 4.88. The van der Waals surface area contributed by atoms with Crippen LogP contribution in [-0.2, 0) is 29.3 Å². The summed E-state index contributed by atoms with van der Waals surface area (Å²) in [7, 11) is -3.51. The topological polar surface area (TPSA) is 59.1 Å². The summed E-state index contributed by atoms with van der Waals surface area (Å²) in [5, 5.41) is 0.516. The number of hydrogen-bond donors (Lipinski definition) is 1. The summed E-state index contributed by atoms with van der Waals surface area (Å²) in [4.78, 5) is 4.43. The molecule has 3 rings (SSSR count). The summed E-state index contributed by atoms with van der Waals surface area (Å²) in [5.74, 6) is 0. The molecular weight excluding hydrogens is 404 g/mol. The molecule has 0 saturated carbocycles. The van der Waals surface area contributed by atoms with Gasteiger partial charge in [0.1, 0.15) is 0 Å². The van der Waals surface area contributed by atoms with Crippen molar-refractivity contribution in [1.82, 2.24) is 9.71 Å². The highest BCUT2D eigenvalue weighted by Crippen LogP contribution is 2.20. The molecule has 0 aliphatic carbocycles. The van der Waals surface area contributed by atoms with Crippen LogP contribution >= 0.6 is 11.6 Å². The van der Waals surface area contributed by atoms with Crippen molar-refractivity contribution in [3.8, 4) is 0 Å². The van der Waals surface area contributed by atoms with E-state index in [0.717, 1.165) is 25.7 Å². The Morgan fingerprint density at radius 1 is 1.00 bits per heavy atom. The molecule has 1 heterocycles. The summed E-state index contributed by atoms with van der Waals surface area (Å²) in [6, 6.07) is 16.6. The van der Waals surface area contributed by atoms with Crippen LogP contribution in [0, 0.1) is 0 Å². The molecule has 3 aromatic rings. The first-order valence-corrected chi connectivity index (χ1v) is 11.6. The molecule has 0 amide bonds. The maximum absolute atomic E-state index is 12.4. The van der Waals surface area contributed by atoms with Crippen LogP contribution in [0.5, 0.6) is 0 Å². The largest absolute Gasteiger partial charge is 0.264 e. The lowest BCUT2D eigenvalue weighted by atomic mass is 9.92. The fourth-order valence-corrected chi connectivity index (χ4v) is 4.65. The molecule has 0 aliphatic heterocycles. The van der Waals surface area contributed by atoms with Crippen LogP contribution in [0.3, 0.4) is 0 Å². The van der Waals surface area contributed by atoms with Gasteiger partial charge in [0.05, 0.1) is 4.90 Å². The molecule has 0 radical (unpaired) electrons. The van der Waals surface area contributed by atoms with Gasteiger partial charge in [0.15, 0.2) is 0 Å². The third kappa shape index (κ3) is 5.89. The van der Waals surface area contributed by atoms with Crippen molar-refractivity contribution in [1.29, 1.82) is 0 Å². The van der Waals surface area contributed by atoms with E-state index in [-0.39, 0.29) is 4.90 Å². The van der Waals surface area contributed by atoms with Crippen LogP contribution in [0.2, 0.25) is 5.02 Å². The van der Waals surface area contributed by atoms with Crippen LogP contribution in [-0.4, -0.2) is 19.9 Å². The first-order chi connectivity index (χ1) is 14.0. The highest BCUT2D eigenvalue weighted by Gasteiger charge is 2.13. The Hall–Kier alpha value is -2.21. The molecule has 6 heteroatoms. The Bertz CT molecular complexity index is 1040. The molecule has 29 heavy (non-hydrogen) atoms. The Labute approximate surface area is 178 Å². The lowest BCUT2D eigenvalue weighted by molar-refractivity contribution is 0.579. The average molecular weight is 429 g/mol. The van der Waals surface area contributed by atoms with Gasteiger partial charge in [-0.15, -0.1) is 0 Å². The SMILES string of the molecule is CCc1c(CCCNS(=O)(=O)c2ccc(Cl)cc2)cccc1Cc1cccnc1. The van der Waals surface area contributed by atoms with Gasteiger partial charge in [0, 0.05) is 24.0 Å². The molecular formula is C23H25ClN2O2S. The average Bonchev–Trinajstić information content (AvgIpc) is 2.72. The zero-order valence-electron chi connectivity index (χ0n) is 16.4. The van der Waals surface area contributed by atoms with Gasteiger partial charge in [-0.1, -0.05) is 42.8 Å². The highest BCUT2D eigenvalue weighted by atomic mass is 35.5. The fourth-order valence-electron chi connectivity index (χ4n) is 3.45. The molecule has 0 fully saturated rings. The Balaban J connectivity index is 1.62. The predicted octanol–water partition coefficient (Wildman–Crippen LogP) is 4.80. The van der Waals surface area contributed by atoms with Gasteiger partial charge in [-0.25, -0.2) is 13.1 Å². The van der Waals surface area contributed by atoms with E-state index in [1.54, 1.807) is 18.3 Å². The first kappa shape index (κ1) is 21.5. The van der Waals surface area contributed by atoms with E-state index < -0.39 is 10.0 Å². The predicted molar refractivity (Wildman–Crippen MR) is 118 cm³/mol. The lowest BCUT2D eigenvalue weighted by Crippen LogP contribution is -2.25. The zero-order valence-corrected chi connectivity index (χ0v) is 18.0. The molecule has 0 aliphatic rings. The number of rotatable bonds is 9. The van der Waals surface area contributed by atoms with Gasteiger partial charge in [-0.2, -0.15) is 0 Å². The number of benzene rings is 2. The van der Waals surface area contributed by atoms with E-state index >= 15 is 0 Å². The molecule has 0 atom stereocenters. The number of aromatic nitrogens is 1. The zero-order chi connectivity index (χ0) is 20.7. The minimum atomic E-state index is -3.51. The van der Waals surface area contributed by atoms with Crippen molar-refractivity contribution in [3.63, 3.8) is 0 Å². The number of nitrogens with one attached hydrogen (secondary N) is 1. The lowest BCUT2D eigenvalue weighted by Gasteiger charge is -2.14. The maximum Gasteiger partial charge on any atom is 0.240 e. The summed E-state index contributed by atoms with van der Waals surface area (Å²) in [6.45, 7) is 2.55. The number of pyridine rings is 1. The quantitative estimate of drug-likeness (QED) is 0.498. The third-order valence-corrected chi connectivity index (χ3v) is 6.61. The second kappa shape index (κ2) is 10.0. The van der Waals surface area contributed by atoms with Crippen LogP contribution in [0.1, 0.15) is 35.6 Å². The van der Waals surface area contributed by atoms with Crippen LogP contribution in [0.15, 0.2) is 71.9 Å². The van der Waals surface area contributed by atoms with Crippen molar-refractivity contribution in [2.75, 3.05) is 6.54 Å². The van der Waals surface area contributed by atoms with Crippen molar-refractivity contribution in [2.45, 2.75) is 37.5 Å². The van der Waals surface area contributed by atoms with Gasteiger partial charge in [0.2, 0.25) is 10.0 Å². The molecule has 0 saturated heterocycles. The van der Waals surface area contributed by atoms with E-state index in [4.69, 9.17) is 11.6 Å². The normalized spacial score (nSPS) is 11.5. The number of halogens is 1. The minimum absolute atomic E-state index is 0.231. The van der Waals surface area contributed by atoms with E-state index in [9.17, 15) is 8.42 Å². The van der Waals surface area contributed by atoms with Gasteiger partial charge in [-0.3, -0.25) is 4.98 Å². The van der Waals surface area contributed by atoms with E-state index in [0.29, 0.717) is 11.6 Å². The summed E-state index contributed by atoms with van der Waals surface area (Å²) >= 11 is 5.83. The Kier molecular flexibility index (Phi) is 7.42. The van der Waals surface area contributed by atoms with Crippen LogP contribution < -0.4 is 4.72 Å². The molecule has 4 nitrogen and oxygen atoms in total.